The molecule has 0 unspecified atom stereocenters. The topological polar surface area (TPSA) is 101 Å². The Labute approximate surface area is 159 Å². The summed E-state index contributed by atoms with van der Waals surface area (Å²) < 4.78 is 16.0. The van der Waals surface area contributed by atoms with Crippen molar-refractivity contribution in [3.63, 3.8) is 0 Å². The number of nitrogens with zero attached hydrogens (tertiary/aromatic N) is 3. The van der Waals surface area contributed by atoms with Crippen LogP contribution in [0.2, 0.25) is 0 Å². The molecule has 0 saturated heterocycles. The zero-order valence-corrected chi connectivity index (χ0v) is 15.1. The van der Waals surface area contributed by atoms with Gasteiger partial charge in [0.05, 0.1) is 19.1 Å². The van der Waals surface area contributed by atoms with E-state index in [0.29, 0.717) is 17.1 Å². The normalized spacial score (nSPS) is 11.3. The van der Waals surface area contributed by atoms with Gasteiger partial charge in [0.2, 0.25) is 5.89 Å². The molecule has 1 heterocycles. The summed E-state index contributed by atoms with van der Waals surface area (Å²) in [6.45, 7) is 0. The summed E-state index contributed by atoms with van der Waals surface area (Å²) in [5, 5.41) is 18.8. The minimum Gasteiger partial charge on any atom is -0.493 e. The number of hydrogen-bond acceptors (Lipinski definition) is 7. The first-order chi connectivity index (χ1) is 13.0. The summed E-state index contributed by atoms with van der Waals surface area (Å²) in [4.78, 5) is 10.2. The third-order valence-electron chi connectivity index (χ3n) is 3.66. The Morgan fingerprint density at radius 1 is 1.11 bits per heavy atom. The van der Waals surface area contributed by atoms with E-state index in [-0.39, 0.29) is 22.5 Å². The lowest BCUT2D eigenvalue weighted by atomic mass is 10.2. The van der Waals surface area contributed by atoms with Crippen LogP contribution in [-0.2, 0) is 0 Å². The number of nitro groups is 1. The molecule has 0 radical (unpaired) electrons. The third-order valence-corrected chi connectivity index (χ3v) is 3.93. The molecule has 0 N–H and O–H groups in total. The number of aromatic nitrogens is 2. The molecule has 3 aromatic rings. The van der Waals surface area contributed by atoms with Gasteiger partial charge in [-0.15, -0.1) is 10.2 Å². The highest BCUT2D eigenvalue weighted by Crippen LogP contribution is 2.31. The summed E-state index contributed by atoms with van der Waals surface area (Å²) in [7, 11) is 3.10. The van der Waals surface area contributed by atoms with Gasteiger partial charge in [-0.1, -0.05) is 17.7 Å². The second-order valence-corrected chi connectivity index (χ2v) is 5.73. The summed E-state index contributed by atoms with van der Waals surface area (Å²) in [6.07, 6.45) is 1.65. The van der Waals surface area contributed by atoms with Crippen LogP contribution in [0.15, 0.2) is 46.9 Å². The van der Waals surface area contributed by atoms with Gasteiger partial charge >= 0.3 is 0 Å². The molecule has 0 spiro atoms. The molecule has 8 nitrogen and oxygen atoms in total. The van der Waals surface area contributed by atoms with E-state index in [2.05, 4.69) is 10.2 Å². The Kier molecular flexibility index (Phi) is 5.37. The quantitative estimate of drug-likeness (QED) is 0.456. The molecule has 27 heavy (non-hydrogen) atoms. The Morgan fingerprint density at radius 3 is 2.44 bits per heavy atom. The summed E-state index contributed by atoms with van der Waals surface area (Å²) in [5.74, 6) is 1.50. The molecular weight excluding hydrogens is 374 g/mol. The standard InChI is InChI=1S/C18H14ClN3O5/c1-25-15-8-3-11(10-16(15)26-2)9-14(19)18-21-20-17(27-18)12-4-6-13(7-5-12)22(23)24/h3-10H,1-2H3/b14-9-. The molecule has 3 rings (SSSR count). The fraction of sp³-hybridized carbons (Fsp3) is 0.111. The number of methoxy groups -OCH3 is 2. The van der Waals surface area contributed by atoms with Gasteiger partial charge in [0, 0.05) is 17.7 Å². The molecule has 0 amide bonds. The van der Waals surface area contributed by atoms with E-state index in [9.17, 15) is 10.1 Å². The lowest BCUT2D eigenvalue weighted by Gasteiger charge is -2.07. The van der Waals surface area contributed by atoms with Gasteiger partial charge in [-0.25, -0.2) is 0 Å². The number of ether oxygens (including phenoxy) is 2. The maximum Gasteiger partial charge on any atom is 0.269 e. The van der Waals surface area contributed by atoms with E-state index in [0.717, 1.165) is 5.56 Å². The van der Waals surface area contributed by atoms with Gasteiger partial charge in [0.15, 0.2) is 11.5 Å². The maximum absolute atomic E-state index is 10.7. The van der Waals surface area contributed by atoms with E-state index in [1.54, 1.807) is 38.5 Å². The van der Waals surface area contributed by atoms with Gasteiger partial charge < -0.3 is 13.9 Å². The smallest absolute Gasteiger partial charge is 0.269 e. The fourth-order valence-electron chi connectivity index (χ4n) is 2.31. The first-order valence-electron chi connectivity index (χ1n) is 7.69. The van der Waals surface area contributed by atoms with Crippen LogP contribution in [0.4, 0.5) is 5.69 Å². The predicted molar refractivity (Wildman–Crippen MR) is 99.7 cm³/mol. The molecule has 0 atom stereocenters. The predicted octanol–water partition coefficient (Wildman–Crippen LogP) is 4.40. The van der Waals surface area contributed by atoms with E-state index >= 15 is 0 Å². The van der Waals surface area contributed by atoms with E-state index < -0.39 is 4.92 Å². The molecule has 0 aliphatic rings. The van der Waals surface area contributed by atoms with Crippen molar-refractivity contribution in [2.45, 2.75) is 0 Å². The second-order valence-electron chi connectivity index (χ2n) is 5.32. The van der Waals surface area contributed by atoms with E-state index in [4.69, 9.17) is 25.5 Å². The van der Waals surface area contributed by atoms with Crippen molar-refractivity contribution in [3.05, 3.63) is 64.0 Å². The van der Waals surface area contributed by atoms with Crippen molar-refractivity contribution in [3.8, 4) is 23.0 Å². The maximum atomic E-state index is 10.7. The summed E-state index contributed by atoms with van der Waals surface area (Å²) in [5.41, 5.74) is 1.28. The number of nitro benzene ring substituents is 1. The first kappa shape index (κ1) is 18.4. The van der Waals surface area contributed by atoms with Gasteiger partial charge in [-0.3, -0.25) is 10.1 Å². The molecule has 138 valence electrons. The third kappa shape index (κ3) is 4.06. The van der Waals surface area contributed by atoms with Crippen molar-refractivity contribution >= 4 is 28.4 Å². The van der Waals surface area contributed by atoms with Crippen LogP contribution in [0.25, 0.3) is 22.6 Å². The minimum absolute atomic E-state index is 0.0233. The van der Waals surface area contributed by atoms with Crippen LogP contribution in [0.3, 0.4) is 0 Å². The average Bonchev–Trinajstić information content (AvgIpc) is 3.18. The highest BCUT2D eigenvalue weighted by Gasteiger charge is 2.13. The number of rotatable bonds is 6. The Hall–Kier alpha value is -3.39. The molecule has 0 fully saturated rings. The van der Waals surface area contributed by atoms with Crippen LogP contribution in [0.5, 0.6) is 11.5 Å². The zero-order valence-electron chi connectivity index (χ0n) is 14.4. The first-order valence-corrected chi connectivity index (χ1v) is 8.07. The number of benzene rings is 2. The second kappa shape index (κ2) is 7.88. The molecule has 0 aliphatic carbocycles. The number of hydrogen-bond donors (Lipinski definition) is 0. The molecular formula is C18H14ClN3O5. The van der Waals surface area contributed by atoms with Crippen LogP contribution in [0.1, 0.15) is 11.5 Å². The Balaban J connectivity index is 1.85. The van der Waals surface area contributed by atoms with E-state index in [1.165, 1.54) is 24.3 Å². The van der Waals surface area contributed by atoms with Crippen LogP contribution >= 0.6 is 11.6 Å². The molecule has 0 saturated carbocycles. The van der Waals surface area contributed by atoms with Gasteiger partial charge in [0.25, 0.3) is 11.6 Å². The lowest BCUT2D eigenvalue weighted by molar-refractivity contribution is -0.384. The van der Waals surface area contributed by atoms with Crippen molar-refractivity contribution in [1.82, 2.24) is 10.2 Å². The highest BCUT2D eigenvalue weighted by atomic mass is 35.5. The summed E-state index contributed by atoms with van der Waals surface area (Å²) >= 11 is 6.28. The molecule has 0 bridgehead atoms. The SMILES string of the molecule is COc1ccc(/C=C(\Cl)c2nnc(-c3ccc([N+](=O)[O-])cc3)o2)cc1OC. The van der Waals surface area contributed by atoms with Crippen LogP contribution in [-0.4, -0.2) is 29.3 Å². The van der Waals surface area contributed by atoms with Crippen molar-refractivity contribution in [2.24, 2.45) is 0 Å². The zero-order chi connectivity index (χ0) is 19.4. The lowest BCUT2D eigenvalue weighted by Crippen LogP contribution is -1.90. The molecule has 9 heteroatoms. The molecule has 1 aromatic heterocycles. The van der Waals surface area contributed by atoms with Crippen molar-refractivity contribution < 1.29 is 18.8 Å². The van der Waals surface area contributed by atoms with Gasteiger partial charge in [0.1, 0.15) is 5.03 Å². The fourth-order valence-corrected chi connectivity index (χ4v) is 2.52. The van der Waals surface area contributed by atoms with Crippen molar-refractivity contribution in [2.75, 3.05) is 14.2 Å². The highest BCUT2D eigenvalue weighted by molar-refractivity contribution is 6.50. The van der Waals surface area contributed by atoms with Crippen LogP contribution in [0, 0.1) is 10.1 Å². The van der Waals surface area contributed by atoms with Crippen molar-refractivity contribution in [1.29, 1.82) is 0 Å². The minimum atomic E-state index is -0.480. The monoisotopic (exact) mass is 387 g/mol. The van der Waals surface area contributed by atoms with Gasteiger partial charge in [-0.05, 0) is 35.9 Å². The number of non-ortho nitro benzene ring substituents is 1. The Morgan fingerprint density at radius 2 is 1.81 bits per heavy atom. The number of halogens is 1. The average molecular weight is 388 g/mol. The molecule has 0 aliphatic heterocycles. The largest absolute Gasteiger partial charge is 0.493 e. The Bertz CT molecular complexity index is 998. The van der Waals surface area contributed by atoms with Gasteiger partial charge in [-0.2, -0.15) is 0 Å². The molecule has 2 aromatic carbocycles. The summed E-state index contributed by atoms with van der Waals surface area (Å²) in [6, 6.07) is 11.1. The van der Waals surface area contributed by atoms with Crippen LogP contribution < -0.4 is 9.47 Å². The van der Waals surface area contributed by atoms with E-state index in [1.807, 2.05) is 0 Å².